The Bertz CT molecular complexity index is 287. The van der Waals surface area contributed by atoms with Crippen molar-refractivity contribution in [3.05, 3.63) is 35.9 Å². The third kappa shape index (κ3) is 3.93. The molecule has 0 aliphatic rings. The normalized spacial score (nSPS) is 15.1. The van der Waals surface area contributed by atoms with E-state index in [4.69, 9.17) is 0 Å². The second-order valence-electron chi connectivity index (χ2n) is 4.23. The molecule has 1 aromatic carbocycles. The highest BCUT2D eigenvalue weighted by atomic mass is 16.3. The number of nitrogens with zero attached hydrogens (tertiary/aromatic N) is 1. The van der Waals surface area contributed by atoms with Crippen LogP contribution in [0, 0.1) is 0 Å². The van der Waals surface area contributed by atoms with Crippen molar-refractivity contribution in [3.8, 4) is 0 Å². The van der Waals surface area contributed by atoms with Crippen molar-refractivity contribution in [2.24, 2.45) is 0 Å². The Morgan fingerprint density at radius 2 is 1.88 bits per heavy atom. The molecule has 1 rings (SSSR count). The number of rotatable bonds is 6. The molecule has 90 valence electrons. The molecule has 0 aliphatic heterocycles. The average molecular weight is 223 g/mol. The lowest BCUT2D eigenvalue weighted by Crippen LogP contribution is -2.29. The lowest BCUT2D eigenvalue weighted by molar-refractivity contribution is 0.118. The van der Waals surface area contributed by atoms with E-state index in [1.54, 1.807) is 6.92 Å². The Balaban J connectivity index is 2.60. The summed E-state index contributed by atoms with van der Waals surface area (Å²) in [5.74, 6) is 0. The summed E-state index contributed by atoms with van der Waals surface area (Å²) in [5, 5.41) is 18.6. The Kier molecular flexibility index (Phi) is 5.46. The number of hydrogen-bond donors (Lipinski definition) is 2. The van der Waals surface area contributed by atoms with Crippen molar-refractivity contribution in [2.75, 3.05) is 20.2 Å². The summed E-state index contributed by atoms with van der Waals surface area (Å²) < 4.78 is 0. The number of likely N-dealkylation sites (N-methyl/N-ethyl adjacent to an activating group) is 1. The van der Waals surface area contributed by atoms with Crippen LogP contribution in [0.1, 0.15) is 24.9 Å². The molecule has 0 spiro atoms. The number of aliphatic hydroxyl groups is 2. The average Bonchev–Trinajstić information content (AvgIpc) is 2.29. The summed E-state index contributed by atoms with van der Waals surface area (Å²) >= 11 is 0. The van der Waals surface area contributed by atoms with E-state index in [1.807, 2.05) is 37.4 Å². The van der Waals surface area contributed by atoms with Crippen molar-refractivity contribution in [1.82, 2.24) is 4.90 Å². The fraction of sp³-hybridized carbons (Fsp3) is 0.538. The monoisotopic (exact) mass is 223 g/mol. The molecule has 2 unspecified atom stereocenters. The summed E-state index contributed by atoms with van der Waals surface area (Å²) in [6, 6.07) is 9.95. The van der Waals surface area contributed by atoms with E-state index in [1.165, 1.54) is 0 Å². The summed E-state index contributed by atoms with van der Waals surface area (Å²) in [5.41, 5.74) is 1.11. The van der Waals surface area contributed by atoms with E-state index in [9.17, 15) is 10.2 Å². The second-order valence-corrected chi connectivity index (χ2v) is 4.23. The Labute approximate surface area is 97.3 Å². The van der Waals surface area contributed by atoms with Crippen molar-refractivity contribution in [2.45, 2.75) is 25.5 Å². The molecular weight excluding hydrogens is 202 g/mol. The molecule has 0 saturated carbocycles. The Morgan fingerprint density at radius 3 is 2.38 bits per heavy atom. The van der Waals surface area contributed by atoms with Gasteiger partial charge in [-0.05, 0) is 26.0 Å². The molecule has 0 bridgehead atoms. The largest absolute Gasteiger partial charge is 0.394 e. The fourth-order valence-electron chi connectivity index (χ4n) is 1.72. The van der Waals surface area contributed by atoms with Crippen molar-refractivity contribution < 1.29 is 10.2 Å². The van der Waals surface area contributed by atoms with Gasteiger partial charge in [0.1, 0.15) is 0 Å². The van der Waals surface area contributed by atoms with E-state index in [2.05, 4.69) is 4.90 Å². The van der Waals surface area contributed by atoms with Crippen molar-refractivity contribution in [3.63, 3.8) is 0 Å². The van der Waals surface area contributed by atoms with Crippen molar-refractivity contribution >= 4 is 0 Å². The van der Waals surface area contributed by atoms with Gasteiger partial charge >= 0.3 is 0 Å². The van der Waals surface area contributed by atoms with Crippen LogP contribution >= 0.6 is 0 Å². The van der Waals surface area contributed by atoms with Gasteiger partial charge in [0, 0.05) is 6.54 Å². The van der Waals surface area contributed by atoms with Crippen LogP contribution in [0.15, 0.2) is 30.3 Å². The first-order chi connectivity index (χ1) is 7.65. The van der Waals surface area contributed by atoms with Crippen LogP contribution in [-0.4, -0.2) is 41.4 Å². The zero-order valence-electron chi connectivity index (χ0n) is 10.0. The first-order valence-electron chi connectivity index (χ1n) is 5.69. The third-order valence-electron chi connectivity index (χ3n) is 2.79. The maximum atomic E-state index is 9.41. The molecule has 2 N–H and O–H groups in total. The highest BCUT2D eigenvalue weighted by molar-refractivity contribution is 5.18. The van der Waals surface area contributed by atoms with E-state index < -0.39 is 0 Å². The first kappa shape index (κ1) is 13.2. The zero-order chi connectivity index (χ0) is 12.0. The summed E-state index contributed by atoms with van der Waals surface area (Å²) in [7, 11) is 1.97. The predicted octanol–water partition coefficient (Wildman–Crippen LogP) is 1.42. The van der Waals surface area contributed by atoms with E-state index >= 15 is 0 Å². The quantitative estimate of drug-likeness (QED) is 0.766. The molecule has 3 heteroatoms. The van der Waals surface area contributed by atoms with Gasteiger partial charge in [0.05, 0.1) is 18.8 Å². The van der Waals surface area contributed by atoms with Crippen LogP contribution in [0.2, 0.25) is 0 Å². The first-order valence-corrected chi connectivity index (χ1v) is 5.69. The van der Waals surface area contributed by atoms with Crippen LogP contribution in [0.4, 0.5) is 0 Å². The number of hydrogen-bond acceptors (Lipinski definition) is 3. The summed E-state index contributed by atoms with van der Waals surface area (Å²) in [6.07, 6.45) is 0.428. The van der Waals surface area contributed by atoms with Gasteiger partial charge in [-0.1, -0.05) is 30.3 Å². The maximum absolute atomic E-state index is 9.41. The minimum Gasteiger partial charge on any atom is -0.394 e. The summed E-state index contributed by atoms with van der Waals surface area (Å²) in [6.45, 7) is 2.66. The van der Waals surface area contributed by atoms with Gasteiger partial charge in [0.2, 0.25) is 0 Å². The molecule has 0 aliphatic carbocycles. The SMILES string of the molecule is CC(O)CCN(C)C(CO)c1ccccc1. The molecule has 0 radical (unpaired) electrons. The van der Waals surface area contributed by atoms with Gasteiger partial charge in [-0.3, -0.25) is 4.90 Å². The van der Waals surface area contributed by atoms with E-state index in [0.717, 1.165) is 18.5 Å². The molecule has 0 heterocycles. The van der Waals surface area contributed by atoms with Crippen molar-refractivity contribution in [1.29, 1.82) is 0 Å². The highest BCUT2D eigenvalue weighted by Gasteiger charge is 2.15. The Hall–Kier alpha value is -0.900. The van der Waals surface area contributed by atoms with E-state index in [-0.39, 0.29) is 18.8 Å². The molecule has 0 saturated heterocycles. The van der Waals surface area contributed by atoms with Gasteiger partial charge in [-0.15, -0.1) is 0 Å². The molecule has 3 nitrogen and oxygen atoms in total. The predicted molar refractivity (Wildman–Crippen MR) is 65.2 cm³/mol. The van der Waals surface area contributed by atoms with Gasteiger partial charge in [0.15, 0.2) is 0 Å². The lowest BCUT2D eigenvalue weighted by Gasteiger charge is -2.27. The topological polar surface area (TPSA) is 43.7 Å². The second kappa shape index (κ2) is 6.63. The molecule has 16 heavy (non-hydrogen) atoms. The van der Waals surface area contributed by atoms with Gasteiger partial charge in [0.25, 0.3) is 0 Å². The lowest BCUT2D eigenvalue weighted by atomic mass is 10.1. The number of aliphatic hydroxyl groups excluding tert-OH is 2. The molecule has 0 fully saturated rings. The van der Waals surface area contributed by atoms with Gasteiger partial charge in [-0.2, -0.15) is 0 Å². The Morgan fingerprint density at radius 1 is 1.25 bits per heavy atom. The van der Waals surface area contributed by atoms with Crippen LogP contribution in [0.3, 0.4) is 0 Å². The number of benzene rings is 1. The minimum absolute atomic E-state index is 0.0138. The molecular formula is C13H21NO2. The molecule has 1 aromatic rings. The maximum Gasteiger partial charge on any atom is 0.0628 e. The smallest absolute Gasteiger partial charge is 0.0628 e. The van der Waals surface area contributed by atoms with Crippen LogP contribution in [-0.2, 0) is 0 Å². The molecule has 0 aromatic heterocycles. The third-order valence-corrected chi connectivity index (χ3v) is 2.79. The van der Waals surface area contributed by atoms with Crippen LogP contribution < -0.4 is 0 Å². The highest BCUT2D eigenvalue weighted by Crippen LogP contribution is 2.18. The minimum atomic E-state index is -0.294. The van der Waals surface area contributed by atoms with Crippen LogP contribution in [0.25, 0.3) is 0 Å². The standard InChI is InChI=1S/C13H21NO2/c1-11(16)8-9-14(2)13(10-15)12-6-4-3-5-7-12/h3-7,11,13,15-16H,8-10H2,1-2H3. The fourth-order valence-corrected chi connectivity index (χ4v) is 1.72. The van der Waals surface area contributed by atoms with Gasteiger partial charge < -0.3 is 10.2 Å². The molecule has 0 amide bonds. The van der Waals surface area contributed by atoms with Crippen LogP contribution in [0.5, 0.6) is 0 Å². The summed E-state index contributed by atoms with van der Waals surface area (Å²) in [4.78, 5) is 2.07. The van der Waals surface area contributed by atoms with E-state index in [0.29, 0.717) is 0 Å². The molecule has 2 atom stereocenters. The zero-order valence-corrected chi connectivity index (χ0v) is 10.0. The van der Waals surface area contributed by atoms with Gasteiger partial charge in [-0.25, -0.2) is 0 Å².